The molecule has 0 fully saturated rings. The zero-order chi connectivity index (χ0) is 13.5. The summed E-state index contributed by atoms with van der Waals surface area (Å²) in [6.45, 7) is 6.36. The van der Waals surface area contributed by atoms with Crippen LogP contribution in [-0.4, -0.2) is 30.6 Å². The quantitative estimate of drug-likeness (QED) is 0.635. The van der Waals surface area contributed by atoms with Gasteiger partial charge >= 0.3 is 5.97 Å². The second-order valence-electron chi connectivity index (χ2n) is 4.29. The molecule has 0 aromatic heterocycles. The largest absolute Gasteiger partial charge is 0.463 e. The monoisotopic (exact) mass is 267 g/mol. The molecule has 1 atom stereocenters. The molecule has 0 saturated heterocycles. The van der Waals surface area contributed by atoms with Gasteiger partial charge in [0.05, 0.1) is 0 Å². The van der Waals surface area contributed by atoms with Gasteiger partial charge in [0.25, 0.3) is 0 Å². The summed E-state index contributed by atoms with van der Waals surface area (Å²) in [6, 6.07) is 5.74. The molecule has 0 heterocycles. The van der Waals surface area contributed by atoms with Crippen LogP contribution in [0, 0.1) is 13.8 Å². The molecule has 1 rings (SSSR count). The van der Waals surface area contributed by atoms with Crippen molar-refractivity contribution in [3.63, 3.8) is 0 Å². The maximum absolute atomic E-state index is 11.8. The number of rotatable bonds is 6. The van der Waals surface area contributed by atoms with Crippen molar-refractivity contribution in [2.45, 2.75) is 26.8 Å². The molecule has 0 bridgehead atoms. The highest BCUT2D eigenvalue weighted by Crippen LogP contribution is 2.20. The molecule has 100 valence electrons. The summed E-state index contributed by atoms with van der Waals surface area (Å²) in [7, 11) is 0. The van der Waals surface area contributed by atoms with Gasteiger partial charge in [0.1, 0.15) is 12.6 Å². The topological polar surface area (TPSA) is 38.3 Å². The predicted molar refractivity (Wildman–Crippen MR) is 78.3 cm³/mol. The number of hydrogen-bond donors (Lipinski definition) is 1. The smallest absolute Gasteiger partial charge is 0.328 e. The average Bonchev–Trinajstić information content (AvgIpc) is 2.34. The van der Waals surface area contributed by atoms with E-state index in [2.05, 4.69) is 5.32 Å². The predicted octanol–water partition coefficient (Wildman–Crippen LogP) is 3.01. The normalized spacial score (nSPS) is 12.0. The summed E-state index contributed by atoms with van der Waals surface area (Å²) >= 11 is 1.67. The fourth-order valence-corrected chi connectivity index (χ4v) is 1.92. The van der Waals surface area contributed by atoms with Gasteiger partial charge in [-0.3, -0.25) is 0 Å². The Morgan fingerprint density at radius 2 is 2.00 bits per heavy atom. The van der Waals surface area contributed by atoms with E-state index in [4.69, 9.17) is 4.74 Å². The highest BCUT2D eigenvalue weighted by molar-refractivity contribution is 7.98. The van der Waals surface area contributed by atoms with Crippen LogP contribution in [0.2, 0.25) is 0 Å². The first kappa shape index (κ1) is 14.9. The van der Waals surface area contributed by atoms with Gasteiger partial charge in [-0.2, -0.15) is 11.8 Å². The Kier molecular flexibility index (Phi) is 6.05. The maximum Gasteiger partial charge on any atom is 0.328 e. The molecule has 3 nitrogen and oxygen atoms in total. The van der Waals surface area contributed by atoms with Crippen molar-refractivity contribution >= 4 is 23.4 Å². The molecule has 0 spiro atoms. The second-order valence-corrected chi connectivity index (χ2v) is 5.28. The summed E-state index contributed by atoms with van der Waals surface area (Å²) in [5.74, 6) is 0.633. The zero-order valence-corrected chi connectivity index (χ0v) is 12.3. The van der Waals surface area contributed by atoms with Crippen molar-refractivity contribution in [3.05, 3.63) is 29.3 Å². The van der Waals surface area contributed by atoms with Gasteiger partial charge in [-0.25, -0.2) is 4.79 Å². The molecule has 1 aromatic carbocycles. The van der Waals surface area contributed by atoms with Gasteiger partial charge in [-0.05, 0) is 38.2 Å². The number of esters is 1. The van der Waals surface area contributed by atoms with Crippen LogP contribution in [0.15, 0.2) is 18.2 Å². The summed E-state index contributed by atoms with van der Waals surface area (Å²) in [4.78, 5) is 11.8. The molecular formula is C14H21NO2S. The van der Waals surface area contributed by atoms with Crippen LogP contribution in [-0.2, 0) is 9.53 Å². The van der Waals surface area contributed by atoms with E-state index in [9.17, 15) is 4.79 Å². The van der Waals surface area contributed by atoms with Crippen LogP contribution in [0.3, 0.4) is 0 Å². The van der Waals surface area contributed by atoms with Gasteiger partial charge in [0.2, 0.25) is 0 Å². The SMILES string of the molecule is CSCCOC(=O)[C@H](C)Nc1c(C)cccc1C. The van der Waals surface area contributed by atoms with Crippen LogP contribution >= 0.6 is 11.8 Å². The highest BCUT2D eigenvalue weighted by Gasteiger charge is 2.15. The summed E-state index contributed by atoms with van der Waals surface area (Å²) in [5.41, 5.74) is 3.30. The number of para-hydroxylation sites is 1. The van der Waals surface area contributed by atoms with Crippen molar-refractivity contribution in [3.8, 4) is 0 Å². The van der Waals surface area contributed by atoms with E-state index in [0.29, 0.717) is 6.61 Å². The lowest BCUT2D eigenvalue weighted by Gasteiger charge is -2.17. The molecule has 0 aliphatic carbocycles. The zero-order valence-electron chi connectivity index (χ0n) is 11.4. The molecule has 0 aliphatic heterocycles. The van der Waals surface area contributed by atoms with Crippen molar-refractivity contribution in [2.75, 3.05) is 23.9 Å². The molecule has 0 unspecified atom stereocenters. The number of anilines is 1. The van der Waals surface area contributed by atoms with Crippen LogP contribution in [0.5, 0.6) is 0 Å². The van der Waals surface area contributed by atoms with Gasteiger partial charge in [0.15, 0.2) is 0 Å². The minimum absolute atomic E-state index is 0.202. The lowest BCUT2D eigenvalue weighted by atomic mass is 10.1. The Hall–Kier alpha value is -1.16. The third kappa shape index (κ3) is 4.26. The number of hydrogen-bond acceptors (Lipinski definition) is 4. The molecule has 0 radical (unpaired) electrons. The van der Waals surface area contributed by atoms with Crippen molar-refractivity contribution in [1.29, 1.82) is 0 Å². The highest BCUT2D eigenvalue weighted by atomic mass is 32.2. The molecule has 0 aliphatic rings. The Balaban J connectivity index is 2.58. The number of benzene rings is 1. The summed E-state index contributed by atoms with van der Waals surface area (Å²) in [5, 5.41) is 3.22. The van der Waals surface area contributed by atoms with E-state index >= 15 is 0 Å². The minimum atomic E-state index is -0.327. The first-order valence-corrected chi connectivity index (χ1v) is 7.44. The number of carbonyl (C=O) groups is 1. The summed E-state index contributed by atoms with van der Waals surface area (Å²) < 4.78 is 5.17. The lowest BCUT2D eigenvalue weighted by Crippen LogP contribution is -2.29. The van der Waals surface area contributed by atoms with Gasteiger partial charge in [-0.1, -0.05) is 18.2 Å². The third-order valence-electron chi connectivity index (χ3n) is 2.73. The van der Waals surface area contributed by atoms with Crippen molar-refractivity contribution in [2.24, 2.45) is 0 Å². The molecule has 4 heteroatoms. The van der Waals surface area contributed by atoms with Gasteiger partial charge in [0, 0.05) is 11.4 Å². The van der Waals surface area contributed by atoms with Gasteiger partial charge in [-0.15, -0.1) is 0 Å². The fourth-order valence-electron chi connectivity index (χ4n) is 1.67. The van der Waals surface area contributed by atoms with E-state index in [1.54, 1.807) is 11.8 Å². The number of nitrogens with one attached hydrogen (secondary N) is 1. The van der Waals surface area contributed by atoms with Gasteiger partial charge < -0.3 is 10.1 Å². The summed E-state index contributed by atoms with van der Waals surface area (Å²) in [6.07, 6.45) is 1.99. The third-order valence-corrected chi connectivity index (χ3v) is 3.30. The first-order chi connectivity index (χ1) is 8.56. The number of aryl methyl sites for hydroxylation is 2. The molecule has 1 N–H and O–H groups in total. The fraction of sp³-hybridized carbons (Fsp3) is 0.500. The van der Waals surface area contributed by atoms with Crippen LogP contribution in [0.1, 0.15) is 18.1 Å². The standard InChI is InChI=1S/C14H21NO2S/c1-10-6-5-7-11(2)13(10)15-12(3)14(16)17-8-9-18-4/h5-7,12,15H,8-9H2,1-4H3/t12-/m0/s1. The number of ether oxygens (including phenoxy) is 1. The van der Waals surface area contributed by atoms with E-state index in [1.807, 2.05) is 45.2 Å². The molecule has 18 heavy (non-hydrogen) atoms. The van der Waals surface area contributed by atoms with E-state index in [0.717, 1.165) is 22.6 Å². The maximum atomic E-state index is 11.8. The minimum Gasteiger partial charge on any atom is -0.463 e. The average molecular weight is 267 g/mol. The van der Waals surface area contributed by atoms with Crippen LogP contribution in [0.4, 0.5) is 5.69 Å². The van der Waals surface area contributed by atoms with Crippen LogP contribution < -0.4 is 5.32 Å². The molecule has 0 amide bonds. The number of carbonyl (C=O) groups excluding carboxylic acids is 1. The number of thioether (sulfide) groups is 1. The first-order valence-electron chi connectivity index (χ1n) is 6.04. The Labute approximate surface area is 113 Å². The van der Waals surface area contributed by atoms with Crippen molar-refractivity contribution < 1.29 is 9.53 Å². The second kappa shape index (κ2) is 7.31. The van der Waals surface area contributed by atoms with Crippen molar-refractivity contribution in [1.82, 2.24) is 0 Å². The Morgan fingerprint density at radius 1 is 1.39 bits per heavy atom. The lowest BCUT2D eigenvalue weighted by molar-refractivity contribution is -0.143. The van der Waals surface area contributed by atoms with E-state index in [1.165, 1.54) is 0 Å². The van der Waals surface area contributed by atoms with Crippen LogP contribution in [0.25, 0.3) is 0 Å². The Bertz CT molecular complexity index is 387. The molecule has 0 saturated carbocycles. The Morgan fingerprint density at radius 3 is 2.56 bits per heavy atom. The molecular weight excluding hydrogens is 246 g/mol. The molecule has 1 aromatic rings. The van der Waals surface area contributed by atoms with E-state index in [-0.39, 0.29) is 12.0 Å². The van der Waals surface area contributed by atoms with E-state index < -0.39 is 0 Å².